The highest BCUT2D eigenvalue weighted by Crippen LogP contribution is 2.45. The van der Waals surface area contributed by atoms with E-state index in [1.165, 1.54) is 76.2 Å². The van der Waals surface area contributed by atoms with Crippen LogP contribution >= 0.6 is 0 Å². The lowest BCUT2D eigenvalue weighted by atomic mass is 9.92. The molecule has 0 bridgehead atoms. The first kappa shape index (κ1) is 59.3. The number of amidine groups is 1. The van der Waals surface area contributed by atoms with Gasteiger partial charge in [0.1, 0.15) is 0 Å². The van der Waals surface area contributed by atoms with Crippen LogP contribution in [0.5, 0.6) is 0 Å². The van der Waals surface area contributed by atoms with Crippen LogP contribution in [0.1, 0.15) is 30.0 Å². The summed E-state index contributed by atoms with van der Waals surface area (Å²) < 4.78 is 12.2. The molecule has 0 N–H and O–H groups in total. The summed E-state index contributed by atoms with van der Waals surface area (Å²) >= 11 is 0. The zero-order valence-electron chi connectivity index (χ0n) is 57.0. The Labute approximate surface area is 600 Å². The fourth-order valence-electron chi connectivity index (χ4n) is 17.0. The second-order valence-corrected chi connectivity index (χ2v) is 27.7. The molecule has 0 saturated carbocycles. The number of para-hydroxylation sites is 8. The van der Waals surface area contributed by atoms with Gasteiger partial charge in [-0.1, -0.05) is 231 Å². The fourth-order valence-corrected chi connectivity index (χ4v) is 17.0. The molecule has 0 spiro atoms. The summed E-state index contributed by atoms with van der Waals surface area (Å²) in [6.07, 6.45) is 3.05. The lowest BCUT2D eigenvalue weighted by Crippen LogP contribution is -2.18. The van der Waals surface area contributed by atoms with Gasteiger partial charge in [-0.3, -0.25) is 0 Å². The van der Waals surface area contributed by atoms with E-state index in [2.05, 4.69) is 388 Å². The second-order valence-electron chi connectivity index (χ2n) is 27.7. The number of nitrogens with zero attached hydrogens (tertiary/aromatic N) is 7. The molecular formula is C97H65N7. The van der Waals surface area contributed by atoms with Gasteiger partial charge in [0.25, 0.3) is 0 Å². The normalized spacial score (nSPS) is 15.2. The minimum absolute atomic E-state index is 0.00937. The maximum Gasteiger partial charge on any atom is 0.160 e. The number of fused-ring (bicyclic) bond motifs is 15. The third kappa shape index (κ3) is 9.37. The van der Waals surface area contributed by atoms with Crippen LogP contribution in [0, 0.1) is 5.92 Å². The predicted molar refractivity (Wildman–Crippen MR) is 437 cm³/mol. The van der Waals surface area contributed by atoms with Crippen LogP contribution in [0.3, 0.4) is 0 Å². The highest BCUT2D eigenvalue weighted by molar-refractivity contribution is 6.18. The van der Waals surface area contributed by atoms with Gasteiger partial charge in [0.2, 0.25) is 0 Å². The van der Waals surface area contributed by atoms with Crippen molar-refractivity contribution in [2.45, 2.75) is 13.3 Å². The van der Waals surface area contributed by atoms with E-state index in [0.717, 1.165) is 112 Å². The molecule has 0 radical (unpaired) electrons. The largest absolute Gasteiger partial charge is 0.309 e. The van der Waals surface area contributed by atoms with Crippen molar-refractivity contribution in [1.29, 1.82) is 0 Å². The topological polar surface area (TPSA) is 49.4 Å². The Morgan fingerprint density at radius 3 is 1.01 bits per heavy atom. The lowest BCUT2D eigenvalue weighted by Gasteiger charge is -2.22. The van der Waals surface area contributed by atoms with Crippen molar-refractivity contribution in [1.82, 2.24) is 22.8 Å². The molecule has 488 valence electrons. The van der Waals surface area contributed by atoms with Crippen LogP contribution in [0.2, 0.25) is 0 Å². The van der Waals surface area contributed by atoms with E-state index in [4.69, 9.17) is 9.98 Å². The lowest BCUT2D eigenvalue weighted by molar-refractivity contribution is 0.790. The molecule has 1 atom stereocenters. The van der Waals surface area contributed by atoms with Gasteiger partial charge >= 0.3 is 0 Å². The van der Waals surface area contributed by atoms with Gasteiger partial charge < -0.3 is 22.8 Å². The third-order valence-electron chi connectivity index (χ3n) is 21.7. The first-order valence-electron chi connectivity index (χ1n) is 35.9. The Morgan fingerprint density at radius 2 is 0.558 bits per heavy atom. The molecule has 0 fully saturated rings. The van der Waals surface area contributed by atoms with Gasteiger partial charge in [-0.05, 0) is 168 Å². The number of benzene rings is 15. The van der Waals surface area contributed by atoms with E-state index >= 15 is 0 Å². The number of hydrogen-bond donors (Lipinski definition) is 0. The van der Waals surface area contributed by atoms with Crippen molar-refractivity contribution >= 4 is 126 Å². The van der Waals surface area contributed by atoms with Gasteiger partial charge in [0.15, 0.2) is 5.84 Å². The summed E-state index contributed by atoms with van der Waals surface area (Å²) in [4.78, 5) is 11.4. The summed E-state index contributed by atoms with van der Waals surface area (Å²) in [5.74, 6) is 0.657. The van der Waals surface area contributed by atoms with Crippen molar-refractivity contribution in [3.05, 3.63) is 375 Å². The molecule has 0 amide bonds. The number of allylic oxidation sites excluding steroid dienone is 1. The molecule has 21 rings (SSSR count). The van der Waals surface area contributed by atoms with E-state index in [-0.39, 0.29) is 5.92 Å². The Kier molecular flexibility index (Phi) is 13.5. The average Bonchev–Trinajstić information content (AvgIpc) is 1.58. The molecule has 5 aromatic heterocycles. The minimum Gasteiger partial charge on any atom is -0.309 e. The first-order valence-corrected chi connectivity index (χ1v) is 35.9. The fraction of sp³-hybridized carbons (Fsp3) is 0.0309. The molecule has 1 aliphatic rings. The quantitative estimate of drug-likeness (QED) is 0.131. The minimum atomic E-state index is -0.00937. The summed E-state index contributed by atoms with van der Waals surface area (Å²) in [6.45, 7) is 2.32. The standard InChI is InChI=1S/C97H65N7/c1-62-44-50-83(68-26-23-31-72(56-68)102-84-38-17-11-32-73(84)74-33-12-18-39-85(74)102)98-97(63-24-5-2-6-25-63)99-96(62)69-49-55-94(95(61-69)104-88-42-21-13-34-75(88)76-35-14-22-43-89(76)104)103-92-53-47-66(64-45-51-90-79(57-64)77-36-15-19-40-86(77)100(90)70-27-7-3-8-28-70)59-81(92)82-60-67(48-54-93(82)103)65-46-52-91-80(58-65)78-37-16-20-41-87(78)101(91)71-29-9-4-10-30-71/h2-43,45-62H,44H2,1H3/b83-50+,98-97-,99-96+. The predicted octanol–water partition coefficient (Wildman–Crippen LogP) is 24.8. The number of hydrogen-bond acceptors (Lipinski definition) is 2. The van der Waals surface area contributed by atoms with Crippen molar-refractivity contribution in [3.8, 4) is 50.7 Å². The van der Waals surface area contributed by atoms with E-state index in [1.54, 1.807) is 0 Å². The second kappa shape index (κ2) is 23.8. The molecule has 1 aliphatic heterocycles. The van der Waals surface area contributed by atoms with Crippen molar-refractivity contribution in [2.24, 2.45) is 15.9 Å². The van der Waals surface area contributed by atoms with Crippen LogP contribution in [-0.2, 0) is 0 Å². The SMILES string of the molecule is CC1C/C=C(c2cccc(-n3c4ccccc4c4ccccc43)c2)/N=C(c2ccccc2)\N=C/1c1ccc(-n2c3ccc(-c4ccc5c(c4)c4ccccc4n5-c4ccccc4)cc3c3cc(-c4ccc5c(c4)c4ccccc4n5-c4ccccc4)ccc32)c(-n2c3ccccc3c3ccccc32)c1. The zero-order chi connectivity index (χ0) is 68.5. The van der Waals surface area contributed by atoms with Gasteiger partial charge in [-0.25, -0.2) is 9.98 Å². The Bertz CT molecular complexity index is 6690. The number of aromatic nitrogens is 5. The molecular weight excluding hydrogens is 1260 g/mol. The maximum absolute atomic E-state index is 5.81. The van der Waals surface area contributed by atoms with Gasteiger partial charge in [0, 0.05) is 88.0 Å². The molecule has 20 aromatic rings. The summed E-state index contributed by atoms with van der Waals surface area (Å²) in [5, 5.41) is 12.1. The molecule has 7 heteroatoms. The summed E-state index contributed by atoms with van der Waals surface area (Å²) in [7, 11) is 0. The Morgan fingerprint density at radius 1 is 0.231 bits per heavy atom. The van der Waals surface area contributed by atoms with Crippen LogP contribution in [0.4, 0.5) is 0 Å². The zero-order valence-corrected chi connectivity index (χ0v) is 57.0. The van der Waals surface area contributed by atoms with Gasteiger partial charge in [-0.2, -0.15) is 0 Å². The van der Waals surface area contributed by atoms with Crippen molar-refractivity contribution < 1.29 is 0 Å². The highest BCUT2D eigenvalue weighted by Gasteiger charge is 2.26. The first-order chi connectivity index (χ1) is 51.5. The van der Waals surface area contributed by atoms with Crippen molar-refractivity contribution in [2.75, 3.05) is 0 Å². The Hall–Kier alpha value is -13.6. The Balaban J connectivity index is 0.771. The monoisotopic (exact) mass is 1330 g/mol. The molecule has 0 aliphatic carbocycles. The summed E-state index contributed by atoms with van der Waals surface area (Å²) in [6, 6.07) is 129. The molecule has 15 aromatic carbocycles. The molecule has 6 heterocycles. The average molecular weight is 1330 g/mol. The smallest absolute Gasteiger partial charge is 0.160 e. The van der Waals surface area contributed by atoms with Crippen LogP contribution in [0.15, 0.2) is 368 Å². The van der Waals surface area contributed by atoms with Gasteiger partial charge in [-0.15, -0.1) is 0 Å². The van der Waals surface area contributed by atoms with E-state index in [0.29, 0.717) is 12.3 Å². The van der Waals surface area contributed by atoms with Crippen molar-refractivity contribution in [3.63, 3.8) is 0 Å². The molecule has 104 heavy (non-hydrogen) atoms. The molecule has 7 nitrogen and oxygen atoms in total. The number of rotatable bonds is 10. The van der Waals surface area contributed by atoms with E-state index < -0.39 is 0 Å². The highest BCUT2D eigenvalue weighted by atomic mass is 15.1. The van der Waals surface area contributed by atoms with Crippen LogP contribution in [-0.4, -0.2) is 34.4 Å². The van der Waals surface area contributed by atoms with Gasteiger partial charge in [0.05, 0.1) is 78.0 Å². The third-order valence-corrected chi connectivity index (χ3v) is 21.7. The van der Waals surface area contributed by atoms with Crippen LogP contribution < -0.4 is 0 Å². The maximum atomic E-state index is 5.81. The van der Waals surface area contributed by atoms with Crippen LogP contribution in [0.25, 0.3) is 165 Å². The summed E-state index contributed by atoms with van der Waals surface area (Å²) in [5.41, 5.74) is 26.5. The number of aliphatic imine (C=N–C) groups is 2. The van der Waals surface area contributed by atoms with E-state index in [1.807, 2.05) is 0 Å². The molecule has 1 unspecified atom stereocenters. The van der Waals surface area contributed by atoms with E-state index in [9.17, 15) is 0 Å². The molecule has 0 saturated heterocycles.